The van der Waals surface area contributed by atoms with Crippen molar-refractivity contribution < 1.29 is 12.6 Å². The Balaban J connectivity index is 3.57. The second kappa shape index (κ2) is 5.97. The van der Waals surface area contributed by atoms with Crippen molar-refractivity contribution in [3.63, 3.8) is 0 Å². The quantitative estimate of drug-likeness (QED) is 0.362. The highest BCUT2D eigenvalue weighted by Gasteiger charge is 2.05. The van der Waals surface area contributed by atoms with E-state index in [1.54, 1.807) is 12.2 Å². The third kappa shape index (κ3) is 6.12. The molecule has 0 saturated heterocycles. The third-order valence-electron chi connectivity index (χ3n) is 1.29. The van der Waals surface area contributed by atoms with Crippen molar-refractivity contribution >= 4 is 10.1 Å². The van der Waals surface area contributed by atoms with Crippen LogP contribution in [0.4, 0.5) is 0 Å². The van der Waals surface area contributed by atoms with Crippen LogP contribution in [0.15, 0.2) is 24.8 Å². The van der Waals surface area contributed by atoms with Gasteiger partial charge >= 0.3 is 0 Å². The molecule has 0 amide bonds. The minimum atomic E-state index is -3.27. The second-order valence-corrected chi connectivity index (χ2v) is 4.09. The SMILES string of the molecule is C=C/C=C/CCCS(=O)(=O)OC. The maximum atomic E-state index is 10.8. The molecular formula is C8H14O3S. The van der Waals surface area contributed by atoms with Crippen LogP contribution in [0.5, 0.6) is 0 Å². The Morgan fingerprint density at radius 1 is 1.50 bits per heavy atom. The molecule has 4 heteroatoms. The summed E-state index contributed by atoms with van der Waals surface area (Å²) in [6.07, 6.45) is 6.64. The first-order chi connectivity index (χ1) is 5.62. The lowest BCUT2D eigenvalue weighted by Gasteiger charge is -1.97. The van der Waals surface area contributed by atoms with Crippen molar-refractivity contribution in [3.8, 4) is 0 Å². The van der Waals surface area contributed by atoms with Gasteiger partial charge in [-0.15, -0.1) is 0 Å². The monoisotopic (exact) mass is 190 g/mol. The molecule has 0 aliphatic carbocycles. The normalized spacial score (nSPS) is 12.1. The van der Waals surface area contributed by atoms with Gasteiger partial charge in [0.25, 0.3) is 10.1 Å². The van der Waals surface area contributed by atoms with Gasteiger partial charge in [0, 0.05) is 0 Å². The van der Waals surface area contributed by atoms with Crippen molar-refractivity contribution in [1.29, 1.82) is 0 Å². The zero-order valence-electron chi connectivity index (χ0n) is 7.19. The first kappa shape index (κ1) is 11.4. The average Bonchev–Trinajstić information content (AvgIpc) is 2.04. The lowest BCUT2D eigenvalue weighted by molar-refractivity contribution is 0.397. The Labute approximate surface area is 73.9 Å². The van der Waals surface area contributed by atoms with Crippen molar-refractivity contribution in [2.75, 3.05) is 12.9 Å². The third-order valence-corrected chi connectivity index (χ3v) is 2.59. The molecule has 0 heterocycles. The molecule has 0 spiro atoms. The Bertz CT molecular complexity index is 239. The van der Waals surface area contributed by atoms with Gasteiger partial charge in [0.1, 0.15) is 0 Å². The van der Waals surface area contributed by atoms with E-state index >= 15 is 0 Å². The van der Waals surface area contributed by atoms with Crippen LogP contribution >= 0.6 is 0 Å². The molecule has 0 aromatic heterocycles. The van der Waals surface area contributed by atoms with E-state index in [1.165, 1.54) is 7.11 Å². The summed E-state index contributed by atoms with van der Waals surface area (Å²) in [6.45, 7) is 3.49. The number of hydrogen-bond acceptors (Lipinski definition) is 3. The van der Waals surface area contributed by atoms with Gasteiger partial charge in [-0.3, -0.25) is 4.18 Å². The van der Waals surface area contributed by atoms with E-state index in [4.69, 9.17) is 0 Å². The van der Waals surface area contributed by atoms with Gasteiger partial charge < -0.3 is 0 Å². The van der Waals surface area contributed by atoms with Crippen molar-refractivity contribution in [3.05, 3.63) is 24.8 Å². The molecule has 3 nitrogen and oxygen atoms in total. The molecule has 0 atom stereocenters. The molecule has 0 aromatic carbocycles. The molecule has 0 unspecified atom stereocenters. The van der Waals surface area contributed by atoms with Gasteiger partial charge in [0.2, 0.25) is 0 Å². The minimum Gasteiger partial charge on any atom is -0.273 e. The number of allylic oxidation sites excluding steroid dienone is 3. The van der Waals surface area contributed by atoms with E-state index in [0.717, 1.165) is 6.42 Å². The molecule has 0 saturated carbocycles. The van der Waals surface area contributed by atoms with Gasteiger partial charge in [0.05, 0.1) is 12.9 Å². The molecule has 0 aliphatic rings. The van der Waals surface area contributed by atoms with Gasteiger partial charge in [0.15, 0.2) is 0 Å². The highest BCUT2D eigenvalue weighted by Crippen LogP contribution is 1.98. The van der Waals surface area contributed by atoms with Crippen LogP contribution in [0.2, 0.25) is 0 Å². The highest BCUT2D eigenvalue weighted by molar-refractivity contribution is 7.86. The first-order valence-corrected chi connectivity index (χ1v) is 5.26. The standard InChI is InChI=1S/C8H14O3S/c1-3-4-5-6-7-8-12(9,10)11-2/h3-5H,1,6-8H2,2H3/b5-4+. The molecule has 12 heavy (non-hydrogen) atoms. The summed E-state index contributed by atoms with van der Waals surface area (Å²) >= 11 is 0. The maximum Gasteiger partial charge on any atom is 0.267 e. The molecule has 0 N–H and O–H groups in total. The van der Waals surface area contributed by atoms with Crippen LogP contribution in [-0.4, -0.2) is 21.3 Å². The molecule has 0 fully saturated rings. The van der Waals surface area contributed by atoms with Gasteiger partial charge in [-0.25, -0.2) is 0 Å². The lowest BCUT2D eigenvalue weighted by Crippen LogP contribution is -2.07. The van der Waals surface area contributed by atoms with Crippen molar-refractivity contribution in [2.24, 2.45) is 0 Å². The van der Waals surface area contributed by atoms with E-state index in [0.29, 0.717) is 6.42 Å². The minimum absolute atomic E-state index is 0.0744. The van der Waals surface area contributed by atoms with Crippen LogP contribution in [0.25, 0.3) is 0 Å². The van der Waals surface area contributed by atoms with Crippen LogP contribution < -0.4 is 0 Å². The number of hydrogen-bond donors (Lipinski definition) is 0. The Kier molecular flexibility index (Phi) is 5.66. The summed E-state index contributed by atoms with van der Waals surface area (Å²) < 4.78 is 25.8. The summed E-state index contributed by atoms with van der Waals surface area (Å²) in [7, 11) is -2.09. The molecule has 70 valence electrons. The molecule has 0 rings (SSSR count). The van der Waals surface area contributed by atoms with E-state index in [-0.39, 0.29) is 5.75 Å². The van der Waals surface area contributed by atoms with Crippen LogP contribution in [0.1, 0.15) is 12.8 Å². The van der Waals surface area contributed by atoms with E-state index < -0.39 is 10.1 Å². The first-order valence-electron chi connectivity index (χ1n) is 3.68. The number of rotatable bonds is 6. The van der Waals surface area contributed by atoms with Crippen molar-refractivity contribution in [2.45, 2.75) is 12.8 Å². The van der Waals surface area contributed by atoms with E-state index in [9.17, 15) is 8.42 Å². The van der Waals surface area contributed by atoms with E-state index in [2.05, 4.69) is 10.8 Å². The summed E-state index contributed by atoms with van der Waals surface area (Å²) in [5.41, 5.74) is 0. The summed E-state index contributed by atoms with van der Waals surface area (Å²) in [5.74, 6) is 0.0744. The largest absolute Gasteiger partial charge is 0.273 e. The second-order valence-electron chi connectivity index (χ2n) is 2.23. The predicted molar refractivity (Wildman–Crippen MR) is 49.4 cm³/mol. The lowest BCUT2D eigenvalue weighted by atomic mass is 10.3. The summed E-state index contributed by atoms with van der Waals surface area (Å²) in [6, 6.07) is 0. The smallest absolute Gasteiger partial charge is 0.267 e. The van der Waals surface area contributed by atoms with Crippen LogP contribution in [-0.2, 0) is 14.3 Å². The molecule has 0 bridgehead atoms. The summed E-state index contributed by atoms with van der Waals surface area (Å²) in [5, 5.41) is 0. The van der Waals surface area contributed by atoms with Gasteiger partial charge in [-0.1, -0.05) is 24.8 Å². The zero-order valence-corrected chi connectivity index (χ0v) is 8.01. The van der Waals surface area contributed by atoms with Crippen LogP contribution in [0.3, 0.4) is 0 Å². The summed E-state index contributed by atoms with van der Waals surface area (Å²) in [4.78, 5) is 0. The van der Waals surface area contributed by atoms with E-state index in [1.807, 2.05) is 6.08 Å². The molecule has 0 aliphatic heterocycles. The van der Waals surface area contributed by atoms with Crippen LogP contribution in [0, 0.1) is 0 Å². The fourth-order valence-electron chi connectivity index (χ4n) is 0.654. The molecule has 0 aromatic rings. The van der Waals surface area contributed by atoms with Gasteiger partial charge in [-0.05, 0) is 12.8 Å². The Hall–Kier alpha value is -0.610. The highest BCUT2D eigenvalue weighted by atomic mass is 32.2. The van der Waals surface area contributed by atoms with Crippen molar-refractivity contribution in [1.82, 2.24) is 0 Å². The average molecular weight is 190 g/mol. The Morgan fingerprint density at radius 2 is 2.17 bits per heavy atom. The Morgan fingerprint density at radius 3 is 2.67 bits per heavy atom. The fourth-order valence-corrected chi connectivity index (χ4v) is 1.34. The fraction of sp³-hybridized carbons (Fsp3) is 0.500. The molecular weight excluding hydrogens is 176 g/mol. The topological polar surface area (TPSA) is 43.4 Å². The van der Waals surface area contributed by atoms with Gasteiger partial charge in [-0.2, -0.15) is 8.42 Å². The predicted octanol–water partition coefficient (Wildman–Crippen LogP) is 1.49. The molecule has 0 radical (unpaired) electrons. The maximum absolute atomic E-state index is 10.8. The number of unbranched alkanes of at least 4 members (excludes halogenated alkanes) is 1. The zero-order chi connectivity index (χ0) is 9.45.